The largest absolute Gasteiger partial charge is 0.384 e. The summed E-state index contributed by atoms with van der Waals surface area (Å²) in [6.45, 7) is 0.566. The smallest absolute Gasteiger partial charge is 0.243 e. The number of methoxy groups -OCH3 is 1. The Morgan fingerprint density at radius 1 is 1.38 bits per heavy atom. The summed E-state index contributed by atoms with van der Waals surface area (Å²) in [6.07, 6.45) is 3.25. The Kier molecular flexibility index (Phi) is 3.98. The Hall–Kier alpha value is -2.18. The molecule has 3 aromatic rings. The molecule has 0 bridgehead atoms. The molecule has 21 heavy (non-hydrogen) atoms. The molecule has 1 atom stereocenters. The Labute approximate surface area is 122 Å². The first-order valence-corrected chi connectivity index (χ1v) is 6.90. The normalized spacial score (nSPS) is 12.9. The monoisotopic (exact) mass is 286 g/mol. The van der Waals surface area contributed by atoms with Crippen molar-refractivity contribution in [2.45, 2.75) is 18.9 Å². The second-order valence-electron chi connectivity index (χ2n) is 4.96. The third-order valence-corrected chi connectivity index (χ3v) is 3.45. The fourth-order valence-corrected chi connectivity index (χ4v) is 2.34. The molecule has 0 saturated heterocycles. The zero-order valence-electron chi connectivity index (χ0n) is 11.9. The van der Waals surface area contributed by atoms with Crippen LogP contribution in [0.5, 0.6) is 0 Å². The SMILES string of the molecule is COCCc1noc([C@@H](N)Cc2c[nH]c3ccccc23)n1. The zero-order valence-corrected chi connectivity index (χ0v) is 11.9. The van der Waals surface area contributed by atoms with Crippen molar-refractivity contribution in [3.05, 3.63) is 47.7 Å². The van der Waals surface area contributed by atoms with E-state index in [1.54, 1.807) is 7.11 Å². The number of nitrogens with zero attached hydrogens (tertiary/aromatic N) is 2. The molecule has 0 aliphatic rings. The fourth-order valence-electron chi connectivity index (χ4n) is 2.34. The number of aromatic amines is 1. The van der Waals surface area contributed by atoms with Crippen LogP contribution < -0.4 is 5.73 Å². The van der Waals surface area contributed by atoms with Gasteiger partial charge < -0.3 is 20.0 Å². The molecular weight excluding hydrogens is 268 g/mol. The number of hydrogen-bond donors (Lipinski definition) is 2. The van der Waals surface area contributed by atoms with E-state index in [2.05, 4.69) is 21.2 Å². The van der Waals surface area contributed by atoms with Gasteiger partial charge in [0.25, 0.3) is 0 Å². The maximum Gasteiger partial charge on any atom is 0.243 e. The summed E-state index contributed by atoms with van der Waals surface area (Å²) < 4.78 is 10.2. The standard InChI is InChI=1S/C15H18N4O2/c1-20-7-6-14-18-15(21-19-14)12(16)8-10-9-17-13-5-3-2-4-11(10)13/h2-5,9,12,17H,6-8,16H2,1H3/t12-/m0/s1. The summed E-state index contributed by atoms with van der Waals surface area (Å²) in [4.78, 5) is 7.55. The second kappa shape index (κ2) is 6.07. The molecule has 0 spiro atoms. The summed E-state index contributed by atoms with van der Waals surface area (Å²) in [5.74, 6) is 1.09. The van der Waals surface area contributed by atoms with Gasteiger partial charge in [-0.25, -0.2) is 0 Å². The highest BCUT2D eigenvalue weighted by molar-refractivity contribution is 5.83. The molecule has 110 valence electrons. The topological polar surface area (TPSA) is 90.0 Å². The second-order valence-corrected chi connectivity index (χ2v) is 4.96. The number of nitrogens with two attached hydrogens (primary N) is 1. The molecule has 0 aliphatic carbocycles. The van der Waals surface area contributed by atoms with Gasteiger partial charge in [0.15, 0.2) is 5.82 Å². The molecule has 6 heteroatoms. The van der Waals surface area contributed by atoms with E-state index >= 15 is 0 Å². The van der Waals surface area contributed by atoms with E-state index in [1.165, 1.54) is 5.39 Å². The number of benzene rings is 1. The molecule has 6 nitrogen and oxygen atoms in total. The van der Waals surface area contributed by atoms with E-state index in [0.29, 0.717) is 31.2 Å². The van der Waals surface area contributed by atoms with Crippen molar-refractivity contribution in [3.8, 4) is 0 Å². The van der Waals surface area contributed by atoms with Crippen LogP contribution in [-0.2, 0) is 17.6 Å². The highest BCUT2D eigenvalue weighted by Gasteiger charge is 2.17. The van der Waals surface area contributed by atoms with E-state index in [9.17, 15) is 0 Å². The first-order valence-electron chi connectivity index (χ1n) is 6.90. The third-order valence-electron chi connectivity index (χ3n) is 3.45. The van der Waals surface area contributed by atoms with Gasteiger partial charge in [0.05, 0.1) is 12.6 Å². The molecule has 0 saturated carbocycles. The molecule has 0 radical (unpaired) electrons. The van der Waals surface area contributed by atoms with Gasteiger partial charge in [-0.3, -0.25) is 0 Å². The van der Waals surface area contributed by atoms with E-state index in [-0.39, 0.29) is 6.04 Å². The van der Waals surface area contributed by atoms with E-state index in [4.69, 9.17) is 15.0 Å². The first kappa shape index (κ1) is 13.8. The predicted molar refractivity (Wildman–Crippen MR) is 78.8 cm³/mol. The molecular formula is C15H18N4O2. The highest BCUT2D eigenvalue weighted by Crippen LogP contribution is 2.22. The van der Waals surface area contributed by atoms with Gasteiger partial charge in [0.2, 0.25) is 5.89 Å². The summed E-state index contributed by atoms with van der Waals surface area (Å²) >= 11 is 0. The van der Waals surface area contributed by atoms with Crippen LogP contribution in [0.4, 0.5) is 0 Å². The quantitative estimate of drug-likeness (QED) is 0.723. The zero-order chi connectivity index (χ0) is 14.7. The van der Waals surface area contributed by atoms with Crippen LogP contribution >= 0.6 is 0 Å². The molecule has 2 heterocycles. The number of ether oxygens (including phenoxy) is 1. The van der Waals surface area contributed by atoms with Crippen molar-refractivity contribution >= 4 is 10.9 Å². The Bertz CT molecular complexity index is 719. The average Bonchev–Trinajstić information content (AvgIpc) is 3.13. The number of nitrogens with one attached hydrogen (secondary N) is 1. The van der Waals surface area contributed by atoms with Crippen LogP contribution in [0.15, 0.2) is 35.0 Å². The lowest BCUT2D eigenvalue weighted by molar-refractivity contribution is 0.199. The molecule has 2 aromatic heterocycles. The number of aromatic nitrogens is 3. The lowest BCUT2D eigenvalue weighted by Gasteiger charge is -2.05. The lowest BCUT2D eigenvalue weighted by atomic mass is 10.1. The van der Waals surface area contributed by atoms with Crippen molar-refractivity contribution in [2.24, 2.45) is 5.73 Å². The molecule has 3 N–H and O–H groups in total. The Morgan fingerprint density at radius 2 is 2.24 bits per heavy atom. The first-order chi connectivity index (χ1) is 10.3. The van der Waals surface area contributed by atoms with Gasteiger partial charge >= 0.3 is 0 Å². The van der Waals surface area contributed by atoms with Gasteiger partial charge in [0.1, 0.15) is 0 Å². The van der Waals surface area contributed by atoms with Gasteiger partial charge in [0, 0.05) is 30.6 Å². The molecule has 3 rings (SSSR count). The van der Waals surface area contributed by atoms with Crippen LogP contribution in [-0.4, -0.2) is 28.8 Å². The Balaban J connectivity index is 1.73. The summed E-state index contributed by atoms with van der Waals surface area (Å²) in [6, 6.07) is 7.82. The van der Waals surface area contributed by atoms with E-state index in [0.717, 1.165) is 11.1 Å². The van der Waals surface area contributed by atoms with Crippen molar-refractivity contribution in [1.29, 1.82) is 0 Å². The van der Waals surface area contributed by atoms with E-state index in [1.807, 2.05) is 24.4 Å². The number of hydrogen-bond acceptors (Lipinski definition) is 5. The number of para-hydroxylation sites is 1. The minimum absolute atomic E-state index is 0.312. The maximum absolute atomic E-state index is 6.18. The average molecular weight is 286 g/mol. The summed E-state index contributed by atoms with van der Waals surface area (Å²) in [5, 5.41) is 5.09. The van der Waals surface area contributed by atoms with Gasteiger partial charge in [-0.1, -0.05) is 23.4 Å². The maximum atomic E-state index is 6.18. The fraction of sp³-hybridized carbons (Fsp3) is 0.333. The number of fused-ring (bicyclic) bond motifs is 1. The van der Waals surface area contributed by atoms with Gasteiger partial charge in [-0.15, -0.1) is 0 Å². The van der Waals surface area contributed by atoms with Crippen LogP contribution in [0.1, 0.15) is 23.3 Å². The van der Waals surface area contributed by atoms with Crippen molar-refractivity contribution in [2.75, 3.05) is 13.7 Å². The molecule has 0 aliphatic heterocycles. The lowest BCUT2D eigenvalue weighted by Crippen LogP contribution is -2.13. The molecule has 0 fully saturated rings. The predicted octanol–water partition coefficient (Wildman–Crippen LogP) is 1.98. The third kappa shape index (κ3) is 2.96. The number of H-pyrrole nitrogens is 1. The van der Waals surface area contributed by atoms with Crippen LogP contribution in [0.3, 0.4) is 0 Å². The van der Waals surface area contributed by atoms with Crippen molar-refractivity contribution in [3.63, 3.8) is 0 Å². The van der Waals surface area contributed by atoms with Gasteiger partial charge in [-0.2, -0.15) is 4.98 Å². The van der Waals surface area contributed by atoms with Crippen LogP contribution in [0.2, 0.25) is 0 Å². The van der Waals surface area contributed by atoms with Gasteiger partial charge in [-0.05, 0) is 18.1 Å². The van der Waals surface area contributed by atoms with Crippen molar-refractivity contribution < 1.29 is 9.26 Å². The number of rotatable bonds is 6. The summed E-state index contributed by atoms with van der Waals surface area (Å²) in [5.41, 5.74) is 8.43. The molecule has 0 unspecified atom stereocenters. The minimum atomic E-state index is -0.312. The molecule has 0 amide bonds. The van der Waals surface area contributed by atoms with Crippen LogP contribution in [0.25, 0.3) is 10.9 Å². The highest BCUT2D eigenvalue weighted by atomic mass is 16.5. The Morgan fingerprint density at radius 3 is 3.10 bits per heavy atom. The minimum Gasteiger partial charge on any atom is -0.384 e. The molecule has 1 aromatic carbocycles. The van der Waals surface area contributed by atoms with Crippen molar-refractivity contribution in [1.82, 2.24) is 15.1 Å². The van der Waals surface area contributed by atoms with Crippen LogP contribution in [0, 0.1) is 0 Å². The van der Waals surface area contributed by atoms with E-state index < -0.39 is 0 Å². The summed E-state index contributed by atoms with van der Waals surface area (Å²) in [7, 11) is 1.64.